The number of rotatable bonds is 4. The first kappa shape index (κ1) is 12.3. The molecule has 0 saturated carbocycles. The number of nitrogens with one attached hydrogen (secondary N) is 1. The number of aryl methyl sites for hydroxylation is 2. The summed E-state index contributed by atoms with van der Waals surface area (Å²) in [6, 6.07) is 6.00. The van der Waals surface area contributed by atoms with Gasteiger partial charge in [-0.15, -0.1) is 22.7 Å². The van der Waals surface area contributed by atoms with Gasteiger partial charge >= 0.3 is 0 Å². The lowest BCUT2D eigenvalue weighted by molar-refractivity contribution is 0.0955. The minimum absolute atomic E-state index is 0.0301. The van der Waals surface area contributed by atoms with Crippen molar-refractivity contribution in [3.05, 3.63) is 43.8 Å². The van der Waals surface area contributed by atoms with Crippen LogP contribution in [0.3, 0.4) is 0 Å². The van der Waals surface area contributed by atoms with Crippen LogP contribution in [-0.4, -0.2) is 5.91 Å². The number of hydrogen-bond donors (Lipinski definition) is 1. The summed E-state index contributed by atoms with van der Waals surface area (Å²) in [5.74, 6) is 0.0301. The molecule has 0 fully saturated rings. The molecule has 2 aromatic heterocycles. The van der Waals surface area contributed by atoms with E-state index >= 15 is 0 Å². The first-order valence-corrected chi connectivity index (χ1v) is 7.30. The normalized spacial score (nSPS) is 10.5. The van der Waals surface area contributed by atoms with Crippen molar-refractivity contribution in [2.24, 2.45) is 0 Å². The largest absolute Gasteiger partial charge is 0.346 e. The highest BCUT2D eigenvalue weighted by atomic mass is 32.1. The molecule has 0 radical (unpaired) electrons. The van der Waals surface area contributed by atoms with E-state index in [2.05, 4.69) is 30.6 Å². The Balaban J connectivity index is 1.95. The molecule has 0 unspecified atom stereocenters. The lowest BCUT2D eigenvalue weighted by atomic mass is 10.3. The van der Waals surface area contributed by atoms with Crippen LogP contribution in [0.25, 0.3) is 0 Å². The maximum absolute atomic E-state index is 11.9. The lowest BCUT2D eigenvalue weighted by Crippen LogP contribution is -2.21. The van der Waals surface area contributed by atoms with Crippen molar-refractivity contribution in [1.29, 1.82) is 0 Å². The van der Waals surface area contributed by atoms with Crippen molar-refractivity contribution in [2.75, 3.05) is 0 Å². The Hall–Kier alpha value is -1.13. The standard InChI is InChI=1S/C13H15NOS2/c1-3-10-4-5-11(17-10)13(15)14-8-12-9(2)6-7-16-12/h4-7H,3,8H2,1-2H3,(H,14,15). The van der Waals surface area contributed by atoms with Gasteiger partial charge in [0, 0.05) is 9.75 Å². The van der Waals surface area contributed by atoms with Crippen LogP contribution < -0.4 is 5.32 Å². The molecule has 2 aromatic rings. The Kier molecular flexibility index (Phi) is 3.97. The van der Waals surface area contributed by atoms with E-state index in [4.69, 9.17) is 0 Å². The topological polar surface area (TPSA) is 29.1 Å². The highest BCUT2D eigenvalue weighted by Crippen LogP contribution is 2.18. The van der Waals surface area contributed by atoms with Crippen molar-refractivity contribution >= 4 is 28.6 Å². The smallest absolute Gasteiger partial charge is 0.261 e. The first-order valence-electron chi connectivity index (χ1n) is 5.60. The third-order valence-corrected chi connectivity index (χ3v) is 4.86. The van der Waals surface area contributed by atoms with Gasteiger partial charge in [0.2, 0.25) is 0 Å². The predicted molar refractivity (Wildman–Crippen MR) is 73.9 cm³/mol. The van der Waals surface area contributed by atoms with E-state index in [0.717, 1.165) is 11.3 Å². The van der Waals surface area contributed by atoms with Gasteiger partial charge in [0.1, 0.15) is 0 Å². The third-order valence-electron chi connectivity index (χ3n) is 2.61. The van der Waals surface area contributed by atoms with Gasteiger partial charge in [-0.3, -0.25) is 4.79 Å². The molecule has 0 spiro atoms. The molecule has 0 aliphatic heterocycles. The molecule has 1 amide bonds. The fraction of sp³-hybridized carbons (Fsp3) is 0.308. The summed E-state index contributed by atoms with van der Waals surface area (Å²) < 4.78 is 0. The fourth-order valence-electron chi connectivity index (χ4n) is 1.52. The number of hydrogen-bond acceptors (Lipinski definition) is 3. The van der Waals surface area contributed by atoms with Crippen molar-refractivity contribution in [2.45, 2.75) is 26.8 Å². The number of carbonyl (C=O) groups excluding carboxylic acids is 1. The average molecular weight is 265 g/mol. The molecule has 0 bridgehead atoms. The molecule has 2 heterocycles. The second kappa shape index (κ2) is 5.47. The highest BCUT2D eigenvalue weighted by molar-refractivity contribution is 7.14. The molecule has 2 nitrogen and oxygen atoms in total. The monoisotopic (exact) mass is 265 g/mol. The van der Waals surface area contributed by atoms with Crippen LogP contribution in [-0.2, 0) is 13.0 Å². The van der Waals surface area contributed by atoms with E-state index in [1.165, 1.54) is 15.3 Å². The second-order valence-corrected chi connectivity index (χ2v) is 6.00. The Morgan fingerprint density at radius 2 is 2.18 bits per heavy atom. The fourth-order valence-corrected chi connectivity index (χ4v) is 3.23. The second-order valence-electron chi connectivity index (χ2n) is 3.83. The molecule has 1 N–H and O–H groups in total. The molecule has 0 atom stereocenters. The van der Waals surface area contributed by atoms with E-state index < -0.39 is 0 Å². The molecule has 0 aliphatic carbocycles. The average Bonchev–Trinajstić information content (AvgIpc) is 2.94. The van der Waals surface area contributed by atoms with Gasteiger partial charge in [-0.2, -0.15) is 0 Å². The van der Waals surface area contributed by atoms with Gasteiger partial charge < -0.3 is 5.32 Å². The van der Waals surface area contributed by atoms with Gasteiger partial charge in [0.25, 0.3) is 5.91 Å². The van der Waals surface area contributed by atoms with Crippen molar-refractivity contribution < 1.29 is 4.79 Å². The summed E-state index contributed by atoms with van der Waals surface area (Å²) in [6.07, 6.45) is 0.988. The quantitative estimate of drug-likeness (QED) is 0.899. The van der Waals surface area contributed by atoms with E-state index in [9.17, 15) is 4.79 Å². The molecular weight excluding hydrogens is 250 g/mol. The summed E-state index contributed by atoms with van der Waals surface area (Å²) >= 11 is 3.26. The summed E-state index contributed by atoms with van der Waals surface area (Å²) in [4.78, 5) is 15.2. The zero-order chi connectivity index (χ0) is 12.3. The minimum Gasteiger partial charge on any atom is -0.346 e. The van der Waals surface area contributed by atoms with Crippen LogP contribution in [0.5, 0.6) is 0 Å². The first-order chi connectivity index (χ1) is 8.20. The van der Waals surface area contributed by atoms with Crippen LogP contribution in [0.2, 0.25) is 0 Å². The Labute approximate surface area is 109 Å². The minimum atomic E-state index is 0.0301. The van der Waals surface area contributed by atoms with Gasteiger partial charge in [-0.05, 0) is 42.5 Å². The van der Waals surface area contributed by atoms with E-state index in [0.29, 0.717) is 6.54 Å². The molecule has 90 valence electrons. The van der Waals surface area contributed by atoms with E-state index in [1.807, 2.05) is 12.1 Å². The van der Waals surface area contributed by atoms with Crippen molar-refractivity contribution in [3.63, 3.8) is 0 Å². The van der Waals surface area contributed by atoms with Gasteiger partial charge in [-0.25, -0.2) is 0 Å². The SMILES string of the molecule is CCc1ccc(C(=O)NCc2sccc2C)s1. The van der Waals surface area contributed by atoms with Crippen molar-refractivity contribution in [1.82, 2.24) is 5.32 Å². The molecule has 17 heavy (non-hydrogen) atoms. The zero-order valence-electron chi connectivity index (χ0n) is 9.95. The number of amides is 1. The Bertz CT molecular complexity index is 513. The molecule has 0 aliphatic rings. The highest BCUT2D eigenvalue weighted by Gasteiger charge is 2.09. The van der Waals surface area contributed by atoms with Crippen LogP contribution in [0.4, 0.5) is 0 Å². The molecular formula is C13H15NOS2. The van der Waals surface area contributed by atoms with Crippen LogP contribution >= 0.6 is 22.7 Å². The maximum atomic E-state index is 11.9. The Morgan fingerprint density at radius 3 is 2.76 bits per heavy atom. The zero-order valence-corrected chi connectivity index (χ0v) is 11.6. The predicted octanol–water partition coefficient (Wildman–Crippen LogP) is 3.61. The van der Waals surface area contributed by atoms with E-state index in [-0.39, 0.29) is 5.91 Å². The summed E-state index contributed by atoms with van der Waals surface area (Å²) in [5.41, 5.74) is 1.25. The molecule has 4 heteroatoms. The maximum Gasteiger partial charge on any atom is 0.261 e. The van der Waals surface area contributed by atoms with Crippen LogP contribution in [0, 0.1) is 6.92 Å². The summed E-state index contributed by atoms with van der Waals surface area (Å²) in [7, 11) is 0. The van der Waals surface area contributed by atoms with E-state index in [1.54, 1.807) is 22.7 Å². The Morgan fingerprint density at radius 1 is 1.35 bits per heavy atom. The molecule has 2 rings (SSSR count). The number of thiophene rings is 2. The van der Waals surface area contributed by atoms with Gasteiger partial charge in [0.05, 0.1) is 11.4 Å². The summed E-state index contributed by atoms with van der Waals surface area (Å²) in [6.45, 7) is 4.79. The van der Waals surface area contributed by atoms with Crippen molar-refractivity contribution in [3.8, 4) is 0 Å². The molecule has 0 saturated heterocycles. The van der Waals surface area contributed by atoms with Crippen LogP contribution in [0.1, 0.15) is 31.9 Å². The third kappa shape index (κ3) is 2.96. The van der Waals surface area contributed by atoms with Crippen LogP contribution in [0.15, 0.2) is 23.6 Å². The van der Waals surface area contributed by atoms with Gasteiger partial charge in [-0.1, -0.05) is 6.92 Å². The lowest BCUT2D eigenvalue weighted by Gasteiger charge is -2.02. The number of carbonyl (C=O) groups is 1. The summed E-state index contributed by atoms with van der Waals surface area (Å²) in [5, 5.41) is 5.01. The van der Waals surface area contributed by atoms with Gasteiger partial charge in [0.15, 0.2) is 0 Å². The molecule has 0 aromatic carbocycles.